The van der Waals surface area contributed by atoms with Gasteiger partial charge in [-0.25, -0.2) is 0 Å². The molecule has 0 aromatic heterocycles. The summed E-state index contributed by atoms with van der Waals surface area (Å²) in [5, 5.41) is 8.60. The van der Waals surface area contributed by atoms with E-state index in [9.17, 15) is 0 Å². The maximum absolute atomic E-state index is 8.60. The van der Waals surface area contributed by atoms with Crippen molar-refractivity contribution in [2.24, 2.45) is 0 Å². The van der Waals surface area contributed by atoms with E-state index in [1.807, 2.05) is 0 Å². The van der Waals surface area contributed by atoms with Crippen LogP contribution in [0.1, 0.15) is 24.0 Å². The molecule has 1 aromatic carbocycles. The van der Waals surface area contributed by atoms with E-state index in [1.165, 1.54) is 11.1 Å². The topological polar surface area (TPSA) is 38.7 Å². The Kier molecular flexibility index (Phi) is 7.63. The van der Waals surface area contributed by atoms with Crippen LogP contribution in [-0.4, -0.2) is 32.0 Å². The summed E-state index contributed by atoms with van der Waals surface area (Å²) in [6.07, 6.45) is 2.70. The summed E-state index contributed by atoms with van der Waals surface area (Å²) < 4.78 is 10.5. The third kappa shape index (κ3) is 6.41. The highest BCUT2D eigenvalue weighted by atomic mass is 16.5. The van der Waals surface area contributed by atoms with Gasteiger partial charge in [0.05, 0.1) is 13.2 Å². The number of hydrogen-bond acceptors (Lipinski definition) is 3. The molecule has 0 saturated carbocycles. The normalized spacial score (nSPS) is 10.7. The molecule has 3 heteroatoms. The lowest BCUT2D eigenvalue weighted by Gasteiger charge is -2.05. The van der Waals surface area contributed by atoms with Crippen molar-refractivity contribution in [3.63, 3.8) is 0 Å². The second-order valence-corrected chi connectivity index (χ2v) is 4.04. The molecule has 1 N–H and O–H groups in total. The minimum Gasteiger partial charge on any atom is -0.396 e. The van der Waals surface area contributed by atoms with Crippen LogP contribution in [0.15, 0.2) is 24.3 Å². The van der Waals surface area contributed by atoms with Crippen LogP contribution in [0.2, 0.25) is 0 Å². The van der Waals surface area contributed by atoms with E-state index in [-0.39, 0.29) is 6.61 Å². The van der Waals surface area contributed by atoms with Gasteiger partial charge in [0.2, 0.25) is 0 Å². The summed E-state index contributed by atoms with van der Waals surface area (Å²) in [5.74, 6) is 0. The summed E-state index contributed by atoms with van der Waals surface area (Å²) in [6.45, 7) is 2.40. The van der Waals surface area contributed by atoms with E-state index in [1.54, 1.807) is 7.11 Å². The number of benzene rings is 1. The monoisotopic (exact) mass is 238 g/mol. The molecular formula is C14H22O3. The molecule has 3 nitrogen and oxygen atoms in total. The second kappa shape index (κ2) is 9.16. The minimum atomic E-state index is 0.254. The molecule has 0 unspecified atom stereocenters. The standard InChI is InChI=1S/C14H22O3/c1-16-12-14-6-4-13(5-7-14)8-11-17-10-3-2-9-15/h4-7,15H,2-3,8-12H2,1H3. The van der Waals surface area contributed by atoms with Crippen LogP contribution in [0.25, 0.3) is 0 Å². The summed E-state index contributed by atoms with van der Waals surface area (Å²) in [4.78, 5) is 0. The zero-order chi connectivity index (χ0) is 12.3. The van der Waals surface area contributed by atoms with E-state index >= 15 is 0 Å². The van der Waals surface area contributed by atoms with E-state index in [4.69, 9.17) is 14.6 Å². The fourth-order valence-electron chi connectivity index (χ4n) is 1.58. The number of unbranched alkanes of at least 4 members (excludes halogenated alkanes) is 1. The van der Waals surface area contributed by atoms with Crippen molar-refractivity contribution in [3.8, 4) is 0 Å². The summed E-state index contributed by atoms with van der Waals surface area (Å²) in [7, 11) is 1.70. The number of hydrogen-bond donors (Lipinski definition) is 1. The lowest BCUT2D eigenvalue weighted by molar-refractivity contribution is 0.128. The summed E-state index contributed by atoms with van der Waals surface area (Å²) in [5.41, 5.74) is 2.48. The molecule has 0 spiro atoms. The first kappa shape index (κ1) is 14.2. The van der Waals surface area contributed by atoms with Crippen LogP contribution < -0.4 is 0 Å². The van der Waals surface area contributed by atoms with Gasteiger partial charge in [-0.2, -0.15) is 0 Å². The summed E-state index contributed by atoms with van der Waals surface area (Å²) in [6, 6.07) is 8.41. The lowest BCUT2D eigenvalue weighted by atomic mass is 10.1. The van der Waals surface area contributed by atoms with E-state index in [0.717, 1.165) is 32.5 Å². The highest BCUT2D eigenvalue weighted by Gasteiger charge is 1.95. The van der Waals surface area contributed by atoms with Crippen LogP contribution in [0, 0.1) is 0 Å². The van der Waals surface area contributed by atoms with Crippen molar-refractivity contribution < 1.29 is 14.6 Å². The SMILES string of the molecule is COCc1ccc(CCOCCCCO)cc1. The Bertz CT molecular complexity index is 282. The molecule has 0 aliphatic rings. The molecule has 0 atom stereocenters. The van der Waals surface area contributed by atoms with Gasteiger partial charge in [-0.3, -0.25) is 0 Å². The molecule has 0 saturated heterocycles. The van der Waals surface area contributed by atoms with Crippen LogP contribution in [0.5, 0.6) is 0 Å². The number of aliphatic hydroxyl groups excluding tert-OH is 1. The highest BCUT2D eigenvalue weighted by molar-refractivity contribution is 5.22. The van der Waals surface area contributed by atoms with E-state index in [0.29, 0.717) is 6.61 Å². The van der Waals surface area contributed by atoms with Crippen molar-refractivity contribution >= 4 is 0 Å². The van der Waals surface area contributed by atoms with Crippen molar-refractivity contribution in [3.05, 3.63) is 35.4 Å². The molecule has 0 bridgehead atoms. The van der Waals surface area contributed by atoms with Crippen LogP contribution in [0.3, 0.4) is 0 Å². The van der Waals surface area contributed by atoms with Gasteiger partial charge in [0, 0.05) is 20.3 Å². The van der Waals surface area contributed by atoms with Gasteiger partial charge in [-0.05, 0) is 30.4 Å². The highest BCUT2D eigenvalue weighted by Crippen LogP contribution is 2.06. The molecule has 17 heavy (non-hydrogen) atoms. The predicted octanol–water partition coefficient (Wildman–Crippen LogP) is 2.16. The number of rotatable bonds is 9. The quantitative estimate of drug-likeness (QED) is 0.670. The fraction of sp³-hybridized carbons (Fsp3) is 0.571. The summed E-state index contributed by atoms with van der Waals surface area (Å²) >= 11 is 0. The molecule has 0 fully saturated rings. The lowest BCUT2D eigenvalue weighted by Crippen LogP contribution is -2.01. The Morgan fingerprint density at radius 2 is 1.71 bits per heavy atom. The largest absolute Gasteiger partial charge is 0.396 e. The number of aliphatic hydroxyl groups is 1. The van der Waals surface area contributed by atoms with Gasteiger partial charge in [0.25, 0.3) is 0 Å². The number of methoxy groups -OCH3 is 1. The van der Waals surface area contributed by atoms with Gasteiger partial charge in [-0.15, -0.1) is 0 Å². The fourth-order valence-corrected chi connectivity index (χ4v) is 1.58. The van der Waals surface area contributed by atoms with Gasteiger partial charge in [0.15, 0.2) is 0 Å². The molecule has 0 aliphatic heterocycles. The average molecular weight is 238 g/mol. The Morgan fingerprint density at radius 3 is 2.35 bits per heavy atom. The molecule has 1 aromatic rings. The predicted molar refractivity (Wildman–Crippen MR) is 68.0 cm³/mol. The van der Waals surface area contributed by atoms with Gasteiger partial charge in [0.1, 0.15) is 0 Å². The van der Waals surface area contributed by atoms with E-state index < -0.39 is 0 Å². The van der Waals surface area contributed by atoms with Crippen molar-refractivity contribution in [1.82, 2.24) is 0 Å². The zero-order valence-corrected chi connectivity index (χ0v) is 10.5. The van der Waals surface area contributed by atoms with Crippen molar-refractivity contribution in [2.45, 2.75) is 25.9 Å². The Hall–Kier alpha value is -0.900. The second-order valence-electron chi connectivity index (χ2n) is 4.04. The minimum absolute atomic E-state index is 0.254. The first-order valence-electron chi connectivity index (χ1n) is 6.12. The third-order valence-electron chi connectivity index (χ3n) is 2.57. The van der Waals surface area contributed by atoms with Gasteiger partial charge >= 0.3 is 0 Å². The maximum atomic E-state index is 8.60. The van der Waals surface area contributed by atoms with Crippen molar-refractivity contribution in [1.29, 1.82) is 0 Å². The van der Waals surface area contributed by atoms with Crippen LogP contribution >= 0.6 is 0 Å². The number of ether oxygens (including phenoxy) is 2. The molecule has 0 radical (unpaired) electrons. The zero-order valence-electron chi connectivity index (χ0n) is 10.5. The first-order chi connectivity index (χ1) is 8.36. The first-order valence-corrected chi connectivity index (χ1v) is 6.12. The van der Waals surface area contributed by atoms with Gasteiger partial charge in [-0.1, -0.05) is 24.3 Å². The van der Waals surface area contributed by atoms with Crippen LogP contribution in [-0.2, 0) is 22.5 Å². The molecule has 1 rings (SSSR count). The maximum Gasteiger partial charge on any atom is 0.0713 e. The molecular weight excluding hydrogens is 216 g/mol. The Balaban J connectivity index is 2.14. The van der Waals surface area contributed by atoms with Crippen LogP contribution in [0.4, 0.5) is 0 Å². The molecule has 0 heterocycles. The smallest absolute Gasteiger partial charge is 0.0713 e. The van der Waals surface area contributed by atoms with E-state index in [2.05, 4.69) is 24.3 Å². The third-order valence-corrected chi connectivity index (χ3v) is 2.57. The molecule has 0 aliphatic carbocycles. The van der Waals surface area contributed by atoms with Gasteiger partial charge < -0.3 is 14.6 Å². The molecule has 0 amide bonds. The molecule has 96 valence electrons. The Labute approximate surface area is 103 Å². The van der Waals surface area contributed by atoms with Crippen molar-refractivity contribution in [2.75, 3.05) is 26.9 Å². The Morgan fingerprint density at radius 1 is 1.00 bits per heavy atom. The average Bonchev–Trinajstić information content (AvgIpc) is 2.36.